The minimum absolute atomic E-state index is 0.157. The normalized spacial score (nSPS) is 30.1. The second-order valence-electron chi connectivity index (χ2n) is 5.32. The number of piperidine rings is 2. The van der Waals surface area contributed by atoms with Crippen molar-refractivity contribution in [1.29, 1.82) is 0 Å². The van der Waals surface area contributed by atoms with E-state index < -0.39 is 11.5 Å². The number of carbonyl (C=O) groups excluding carboxylic acids is 1. The molecule has 2 unspecified atom stereocenters. The summed E-state index contributed by atoms with van der Waals surface area (Å²) in [6.07, 6.45) is 1.13. The van der Waals surface area contributed by atoms with Crippen LogP contribution in [0.2, 0.25) is 0 Å². The largest absolute Gasteiger partial charge is 0.479 e. The Hall–Kier alpha value is -1.88. The van der Waals surface area contributed by atoms with Gasteiger partial charge in [-0.15, -0.1) is 0 Å². The molecular weight excluding hydrogens is 244 g/mol. The lowest BCUT2D eigenvalue weighted by Crippen LogP contribution is -2.73. The van der Waals surface area contributed by atoms with Crippen molar-refractivity contribution in [2.24, 2.45) is 0 Å². The molecule has 5 heteroatoms. The molecule has 19 heavy (non-hydrogen) atoms. The van der Waals surface area contributed by atoms with Crippen LogP contribution in [0.1, 0.15) is 18.4 Å². The number of fused-ring (bicyclic) bond motifs is 3. The number of piperazine rings is 1. The predicted molar refractivity (Wildman–Crippen MR) is 68.4 cm³/mol. The lowest BCUT2D eigenvalue weighted by molar-refractivity contribution is -0.160. The minimum atomic E-state index is -1.10. The number of rotatable bonds is 3. The number of carboxylic acid groups (broad SMARTS) is 1. The molecule has 4 rings (SSSR count). The highest BCUT2D eigenvalue weighted by Crippen LogP contribution is 2.32. The number of amides is 1. The first-order chi connectivity index (χ1) is 9.11. The number of carbonyl (C=O) groups is 2. The van der Waals surface area contributed by atoms with Crippen LogP contribution in [0, 0.1) is 0 Å². The van der Waals surface area contributed by atoms with Gasteiger partial charge in [0.1, 0.15) is 0 Å². The molecule has 3 aliphatic heterocycles. The van der Waals surface area contributed by atoms with Gasteiger partial charge in [0.2, 0.25) is 5.91 Å². The van der Waals surface area contributed by atoms with E-state index in [2.05, 4.69) is 5.32 Å². The monoisotopic (exact) mass is 260 g/mol. The van der Waals surface area contributed by atoms with Crippen LogP contribution in [-0.2, 0) is 16.1 Å². The third-order valence-electron chi connectivity index (χ3n) is 4.06. The van der Waals surface area contributed by atoms with Crippen molar-refractivity contribution >= 4 is 11.9 Å². The van der Waals surface area contributed by atoms with Gasteiger partial charge in [-0.25, -0.2) is 4.79 Å². The summed E-state index contributed by atoms with van der Waals surface area (Å²) < 4.78 is 0. The molecule has 2 bridgehead atoms. The van der Waals surface area contributed by atoms with Gasteiger partial charge in [0.25, 0.3) is 0 Å². The molecule has 0 aliphatic carbocycles. The number of hydrogen-bond donors (Lipinski definition) is 2. The zero-order valence-electron chi connectivity index (χ0n) is 10.5. The summed E-state index contributed by atoms with van der Waals surface area (Å²) in [6, 6.07) is 9.63. The average Bonchev–Trinajstić information content (AvgIpc) is 2.40. The molecule has 3 saturated heterocycles. The van der Waals surface area contributed by atoms with E-state index >= 15 is 0 Å². The molecule has 0 radical (unpaired) electrons. The molecule has 0 spiro atoms. The molecule has 5 nitrogen and oxygen atoms in total. The minimum Gasteiger partial charge on any atom is -0.479 e. The third kappa shape index (κ3) is 2.00. The SMILES string of the molecule is O=C1NC2(C(=O)O)CCC1N(Cc1ccccc1)C2. The van der Waals surface area contributed by atoms with Gasteiger partial charge in [-0.1, -0.05) is 30.3 Å². The van der Waals surface area contributed by atoms with Crippen LogP contribution < -0.4 is 5.32 Å². The van der Waals surface area contributed by atoms with Gasteiger partial charge < -0.3 is 10.4 Å². The van der Waals surface area contributed by atoms with Gasteiger partial charge in [0, 0.05) is 13.1 Å². The Morgan fingerprint density at radius 2 is 2.16 bits per heavy atom. The van der Waals surface area contributed by atoms with Crippen molar-refractivity contribution < 1.29 is 14.7 Å². The van der Waals surface area contributed by atoms with Gasteiger partial charge in [-0.05, 0) is 18.4 Å². The molecule has 3 fully saturated rings. The molecule has 2 atom stereocenters. The summed E-state index contributed by atoms with van der Waals surface area (Å²) in [7, 11) is 0. The smallest absolute Gasteiger partial charge is 0.330 e. The molecule has 1 aromatic rings. The number of aliphatic carboxylic acids is 1. The van der Waals surface area contributed by atoms with E-state index in [-0.39, 0.29) is 11.9 Å². The Balaban J connectivity index is 1.83. The Morgan fingerprint density at radius 3 is 2.79 bits per heavy atom. The van der Waals surface area contributed by atoms with Crippen molar-refractivity contribution in [2.45, 2.75) is 31.0 Å². The van der Waals surface area contributed by atoms with E-state index in [0.717, 1.165) is 5.56 Å². The molecule has 0 saturated carbocycles. The first-order valence-electron chi connectivity index (χ1n) is 6.44. The zero-order chi connectivity index (χ0) is 13.5. The molecule has 3 aliphatic rings. The van der Waals surface area contributed by atoms with Gasteiger partial charge in [0.05, 0.1) is 6.04 Å². The van der Waals surface area contributed by atoms with E-state index in [4.69, 9.17) is 0 Å². The summed E-state index contributed by atoms with van der Waals surface area (Å²) >= 11 is 0. The van der Waals surface area contributed by atoms with E-state index in [1.165, 1.54) is 0 Å². The number of benzene rings is 1. The van der Waals surface area contributed by atoms with Crippen molar-refractivity contribution in [3.8, 4) is 0 Å². The van der Waals surface area contributed by atoms with E-state index in [1.807, 2.05) is 35.2 Å². The van der Waals surface area contributed by atoms with Crippen molar-refractivity contribution in [3.63, 3.8) is 0 Å². The number of hydrogen-bond acceptors (Lipinski definition) is 3. The van der Waals surface area contributed by atoms with Crippen LogP contribution in [0.3, 0.4) is 0 Å². The second-order valence-corrected chi connectivity index (χ2v) is 5.32. The summed E-state index contributed by atoms with van der Waals surface area (Å²) in [4.78, 5) is 25.4. The molecule has 1 amide bonds. The Morgan fingerprint density at radius 1 is 1.42 bits per heavy atom. The lowest BCUT2D eigenvalue weighted by atomic mass is 9.80. The quantitative estimate of drug-likeness (QED) is 0.835. The maximum Gasteiger partial charge on any atom is 0.330 e. The number of carboxylic acids is 1. The molecule has 3 heterocycles. The maximum atomic E-state index is 11.9. The molecular formula is C14H16N2O3. The van der Waals surface area contributed by atoms with Gasteiger partial charge >= 0.3 is 5.97 Å². The van der Waals surface area contributed by atoms with Crippen LogP contribution in [0.15, 0.2) is 30.3 Å². The Bertz CT molecular complexity index is 517. The third-order valence-corrected chi connectivity index (χ3v) is 4.06. The van der Waals surface area contributed by atoms with Crippen LogP contribution in [-0.4, -0.2) is 40.0 Å². The van der Waals surface area contributed by atoms with Crippen LogP contribution in [0.25, 0.3) is 0 Å². The molecule has 2 N–H and O–H groups in total. The van der Waals surface area contributed by atoms with E-state index in [0.29, 0.717) is 25.9 Å². The van der Waals surface area contributed by atoms with Gasteiger partial charge in [-0.2, -0.15) is 0 Å². The fourth-order valence-electron chi connectivity index (χ4n) is 3.03. The summed E-state index contributed by atoms with van der Waals surface area (Å²) in [5.41, 5.74) is 0.00375. The predicted octanol–water partition coefficient (Wildman–Crippen LogP) is 0.604. The van der Waals surface area contributed by atoms with Crippen LogP contribution >= 0.6 is 0 Å². The summed E-state index contributed by atoms with van der Waals surface area (Å²) in [6.45, 7) is 1.00. The standard InChI is InChI=1S/C14H16N2O3/c17-12-11-6-7-14(15-12,13(18)19)9-16(11)8-10-4-2-1-3-5-10/h1-5,11H,6-9H2,(H,15,17)(H,18,19). The van der Waals surface area contributed by atoms with Crippen molar-refractivity contribution in [1.82, 2.24) is 10.2 Å². The molecule has 100 valence electrons. The van der Waals surface area contributed by atoms with Gasteiger partial charge in [0.15, 0.2) is 5.54 Å². The van der Waals surface area contributed by atoms with Gasteiger partial charge in [-0.3, -0.25) is 9.69 Å². The van der Waals surface area contributed by atoms with Crippen molar-refractivity contribution in [3.05, 3.63) is 35.9 Å². The zero-order valence-corrected chi connectivity index (χ0v) is 10.5. The van der Waals surface area contributed by atoms with E-state index in [9.17, 15) is 14.7 Å². The van der Waals surface area contributed by atoms with E-state index in [1.54, 1.807) is 0 Å². The summed E-state index contributed by atoms with van der Waals surface area (Å²) in [5, 5.41) is 12.0. The Kier molecular flexibility index (Phi) is 2.78. The Labute approximate surface area is 111 Å². The topological polar surface area (TPSA) is 69.6 Å². The highest BCUT2D eigenvalue weighted by molar-refractivity contribution is 5.93. The second kappa shape index (κ2) is 4.35. The fourth-order valence-corrected chi connectivity index (χ4v) is 3.03. The first kappa shape index (κ1) is 12.2. The first-order valence-corrected chi connectivity index (χ1v) is 6.44. The molecule has 0 aromatic heterocycles. The van der Waals surface area contributed by atoms with Crippen molar-refractivity contribution in [2.75, 3.05) is 6.54 Å². The molecule has 1 aromatic carbocycles. The highest BCUT2D eigenvalue weighted by atomic mass is 16.4. The fraction of sp³-hybridized carbons (Fsp3) is 0.429. The van der Waals surface area contributed by atoms with Crippen LogP contribution in [0.5, 0.6) is 0 Å². The lowest BCUT2D eigenvalue weighted by Gasteiger charge is -2.50. The highest BCUT2D eigenvalue weighted by Gasteiger charge is 2.53. The average molecular weight is 260 g/mol. The maximum absolute atomic E-state index is 11.9. The number of nitrogens with zero attached hydrogens (tertiary/aromatic N) is 1. The summed E-state index contributed by atoms with van der Waals surface area (Å²) in [5.74, 6) is -1.09. The van der Waals surface area contributed by atoms with Crippen LogP contribution in [0.4, 0.5) is 0 Å². The number of nitrogens with one attached hydrogen (secondary N) is 1.